The Labute approximate surface area is 177 Å². The number of rotatable bonds is 3. The second-order valence-electron chi connectivity index (χ2n) is 7.67. The number of benzene rings is 2. The molecule has 1 aliphatic rings. The lowest BCUT2D eigenvalue weighted by atomic mass is 10.0. The molecule has 1 aliphatic heterocycles. The van der Waals surface area contributed by atoms with Gasteiger partial charge in [-0.2, -0.15) is 9.57 Å². The van der Waals surface area contributed by atoms with Crippen molar-refractivity contribution >= 4 is 26.7 Å². The van der Waals surface area contributed by atoms with E-state index in [0.717, 1.165) is 22.3 Å². The van der Waals surface area contributed by atoms with Crippen molar-refractivity contribution in [2.24, 2.45) is 0 Å². The monoisotopic (exact) mass is 421 g/mol. The molecule has 1 fully saturated rings. The standard InChI is InChI=1S/C23H24N4O2S/c1-17-9-10-19-15-20(16-24)23(25-22(19)18(17)2)26-11-6-12-27(14-13-26)30(28,29)21-7-4-3-5-8-21/h3-5,7-10,15H,6,11-14H2,1-2H3/p+1. The van der Waals surface area contributed by atoms with Crippen molar-refractivity contribution in [2.75, 3.05) is 31.1 Å². The maximum absolute atomic E-state index is 13.0. The molecule has 4 rings (SSSR count). The molecule has 0 spiro atoms. The minimum absolute atomic E-state index is 0.319. The van der Waals surface area contributed by atoms with Crippen LogP contribution in [0, 0.1) is 25.2 Å². The predicted octanol–water partition coefficient (Wildman–Crippen LogP) is 3.04. The Hall–Kier alpha value is -2.95. The van der Waals surface area contributed by atoms with Crippen LogP contribution in [0.2, 0.25) is 0 Å². The van der Waals surface area contributed by atoms with Gasteiger partial charge in [0.1, 0.15) is 17.1 Å². The molecule has 0 unspecified atom stereocenters. The molecule has 3 aromatic rings. The van der Waals surface area contributed by atoms with Crippen LogP contribution >= 0.6 is 0 Å². The number of anilines is 1. The van der Waals surface area contributed by atoms with Crippen LogP contribution in [0.15, 0.2) is 53.4 Å². The summed E-state index contributed by atoms with van der Waals surface area (Å²) in [5, 5.41) is 10.7. The molecule has 2 aromatic carbocycles. The smallest absolute Gasteiger partial charge is 0.259 e. The Morgan fingerprint density at radius 2 is 1.77 bits per heavy atom. The number of sulfonamides is 1. The SMILES string of the molecule is Cc1ccc2cc(C#N)c(N3CCCN(S(=O)(=O)c4ccccc4)CC3)[nH+]c2c1C. The molecule has 1 N–H and O–H groups in total. The lowest BCUT2D eigenvalue weighted by Crippen LogP contribution is -2.37. The zero-order valence-electron chi connectivity index (χ0n) is 17.2. The zero-order valence-corrected chi connectivity index (χ0v) is 18.0. The van der Waals surface area contributed by atoms with Crippen LogP contribution in [0.3, 0.4) is 0 Å². The molecule has 6 nitrogen and oxygen atoms in total. The maximum atomic E-state index is 13.0. The number of pyridine rings is 1. The van der Waals surface area contributed by atoms with E-state index in [1.54, 1.807) is 28.6 Å². The van der Waals surface area contributed by atoms with Crippen molar-refractivity contribution in [2.45, 2.75) is 25.2 Å². The molecular formula is C23H25N4O2S+. The summed E-state index contributed by atoms with van der Waals surface area (Å²) in [6, 6.07) is 16.9. The Morgan fingerprint density at radius 1 is 1.00 bits per heavy atom. The van der Waals surface area contributed by atoms with Gasteiger partial charge in [-0.15, -0.1) is 0 Å². The van der Waals surface area contributed by atoms with Gasteiger partial charge >= 0.3 is 0 Å². The van der Waals surface area contributed by atoms with Crippen LogP contribution in [-0.4, -0.2) is 38.9 Å². The summed E-state index contributed by atoms with van der Waals surface area (Å²) < 4.78 is 27.6. The van der Waals surface area contributed by atoms with Crippen molar-refractivity contribution in [1.82, 2.24) is 4.31 Å². The van der Waals surface area contributed by atoms with Gasteiger partial charge in [-0.3, -0.25) is 4.90 Å². The molecule has 1 saturated heterocycles. The number of fused-ring (bicyclic) bond motifs is 1. The van der Waals surface area contributed by atoms with E-state index in [1.165, 1.54) is 5.56 Å². The Kier molecular flexibility index (Phi) is 5.46. The number of nitrogens with one attached hydrogen (secondary N) is 1. The average Bonchev–Trinajstić information content (AvgIpc) is 3.03. The van der Waals surface area contributed by atoms with Gasteiger partial charge in [-0.25, -0.2) is 13.4 Å². The summed E-state index contributed by atoms with van der Waals surface area (Å²) in [5.41, 5.74) is 3.93. The van der Waals surface area contributed by atoms with E-state index in [9.17, 15) is 13.7 Å². The first-order chi connectivity index (χ1) is 14.4. The lowest BCUT2D eigenvalue weighted by Gasteiger charge is -2.19. The zero-order chi connectivity index (χ0) is 21.3. The van der Waals surface area contributed by atoms with Gasteiger partial charge in [0.25, 0.3) is 5.82 Å². The first kappa shape index (κ1) is 20.3. The highest BCUT2D eigenvalue weighted by molar-refractivity contribution is 7.89. The van der Waals surface area contributed by atoms with Crippen molar-refractivity contribution in [1.29, 1.82) is 5.26 Å². The van der Waals surface area contributed by atoms with Crippen LogP contribution in [0.1, 0.15) is 23.1 Å². The minimum atomic E-state index is -3.52. The Bertz CT molecular complexity index is 1230. The summed E-state index contributed by atoms with van der Waals surface area (Å²) in [6.07, 6.45) is 0.690. The second kappa shape index (κ2) is 8.05. The fourth-order valence-electron chi connectivity index (χ4n) is 3.97. The molecule has 0 radical (unpaired) electrons. The predicted molar refractivity (Wildman–Crippen MR) is 117 cm³/mol. The largest absolute Gasteiger partial charge is 0.293 e. The first-order valence-electron chi connectivity index (χ1n) is 10.1. The molecular weight excluding hydrogens is 396 g/mol. The van der Waals surface area contributed by atoms with Gasteiger partial charge in [0.15, 0.2) is 0 Å². The van der Waals surface area contributed by atoms with Crippen LogP contribution in [0.4, 0.5) is 5.82 Å². The van der Waals surface area contributed by atoms with Gasteiger partial charge in [-0.05, 0) is 49.6 Å². The van der Waals surface area contributed by atoms with Gasteiger partial charge in [0, 0.05) is 11.9 Å². The summed E-state index contributed by atoms with van der Waals surface area (Å²) in [7, 11) is -3.52. The molecule has 154 valence electrons. The number of H-pyrrole nitrogens is 1. The number of nitriles is 1. The number of nitrogens with zero attached hydrogens (tertiary/aromatic N) is 3. The van der Waals surface area contributed by atoms with E-state index >= 15 is 0 Å². The highest BCUT2D eigenvalue weighted by atomic mass is 32.2. The van der Waals surface area contributed by atoms with Crippen molar-refractivity contribution in [3.63, 3.8) is 0 Å². The number of aromatic amines is 1. The van der Waals surface area contributed by atoms with E-state index in [4.69, 9.17) is 0 Å². The highest BCUT2D eigenvalue weighted by Crippen LogP contribution is 2.25. The average molecular weight is 422 g/mol. The fourth-order valence-corrected chi connectivity index (χ4v) is 5.46. The summed E-state index contributed by atoms with van der Waals surface area (Å²) in [5.74, 6) is 0.762. The second-order valence-corrected chi connectivity index (χ2v) is 9.61. The number of aryl methyl sites for hydroxylation is 2. The normalized spacial score (nSPS) is 15.7. The maximum Gasteiger partial charge on any atom is 0.293 e. The highest BCUT2D eigenvalue weighted by Gasteiger charge is 2.31. The number of hydrogen-bond acceptors (Lipinski definition) is 4. The minimum Gasteiger partial charge on any atom is -0.259 e. The van der Waals surface area contributed by atoms with E-state index in [0.29, 0.717) is 43.1 Å². The molecule has 0 amide bonds. The van der Waals surface area contributed by atoms with Crippen LogP contribution in [-0.2, 0) is 10.0 Å². The van der Waals surface area contributed by atoms with Crippen molar-refractivity contribution < 1.29 is 13.4 Å². The fraction of sp³-hybridized carbons (Fsp3) is 0.304. The molecule has 0 saturated carbocycles. The van der Waals surface area contributed by atoms with Gasteiger partial charge in [-0.1, -0.05) is 30.3 Å². The molecule has 7 heteroatoms. The van der Waals surface area contributed by atoms with Crippen LogP contribution in [0.25, 0.3) is 10.9 Å². The third-order valence-electron chi connectivity index (χ3n) is 5.84. The Balaban J connectivity index is 1.66. The Morgan fingerprint density at radius 3 is 2.50 bits per heavy atom. The van der Waals surface area contributed by atoms with E-state index in [1.807, 2.05) is 18.2 Å². The summed E-state index contributed by atoms with van der Waals surface area (Å²) >= 11 is 0. The van der Waals surface area contributed by atoms with Gasteiger partial charge < -0.3 is 0 Å². The number of hydrogen-bond donors (Lipinski definition) is 0. The van der Waals surface area contributed by atoms with Gasteiger partial charge in [0.05, 0.1) is 24.5 Å². The summed E-state index contributed by atoms with van der Waals surface area (Å²) in [4.78, 5) is 5.89. The molecule has 0 atom stereocenters. The molecule has 1 aromatic heterocycles. The van der Waals surface area contributed by atoms with Crippen molar-refractivity contribution in [3.05, 3.63) is 65.2 Å². The molecule has 0 bridgehead atoms. The van der Waals surface area contributed by atoms with Crippen molar-refractivity contribution in [3.8, 4) is 6.07 Å². The van der Waals surface area contributed by atoms with E-state index in [-0.39, 0.29) is 0 Å². The topological polar surface area (TPSA) is 78.5 Å². The molecule has 30 heavy (non-hydrogen) atoms. The van der Waals surface area contributed by atoms with Crippen LogP contribution < -0.4 is 9.88 Å². The summed E-state index contributed by atoms with van der Waals surface area (Å²) in [6.45, 7) is 6.18. The van der Waals surface area contributed by atoms with E-state index in [2.05, 4.69) is 35.9 Å². The third kappa shape index (κ3) is 3.64. The molecule has 0 aliphatic carbocycles. The first-order valence-corrected chi connectivity index (χ1v) is 11.5. The third-order valence-corrected chi connectivity index (χ3v) is 7.75. The number of aromatic nitrogens is 1. The quantitative estimate of drug-likeness (QED) is 0.651. The van der Waals surface area contributed by atoms with Crippen LogP contribution in [0.5, 0.6) is 0 Å². The molecule has 2 heterocycles. The van der Waals surface area contributed by atoms with E-state index < -0.39 is 10.0 Å². The lowest BCUT2D eigenvalue weighted by molar-refractivity contribution is -0.331. The van der Waals surface area contributed by atoms with Gasteiger partial charge in [0.2, 0.25) is 10.0 Å².